The maximum atomic E-state index is 13.5. The van der Waals surface area contributed by atoms with Gasteiger partial charge in [-0.2, -0.15) is 0 Å². The van der Waals surface area contributed by atoms with Gasteiger partial charge >= 0.3 is 0 Å². The van der Waals surface area contributed by atoms with Crippen LogP contribution in [0.4, 0.5) is 0 Å². The number of benzene rings is 2. The molecular weight excluding hydrogens is 456 g/mol. The number of carbonyl (C=O) groups is 1. The first-order valence-corrected chi connectivity index (χ1v) is 13.2. The van der Waals surface area contributed by atoms with Crippen LogP contribution < -0.4 is 10.6 Å². The van der Waals surface area contributed by atoms with Crippen LogP contribution in [-0.2, 0) is 18.5 Å². The van der Waals surface area contributed by atoms with Crippen LogP contribution in [0, 0.1) is 0 Å². The standard InChI is InChI=1S/C29H33ClN4O/c30-23-14-12-22(13-15-23)29(16-6-7-17-29)27-25(28(35)33-18-21-8-2-1-3-9-21)19-32-26(34-27)20-31-24-10-4-5-11-24/h1-3,8-9,12-15,19,24,31H,4-7,10-11,16-18,20H2,(H,33,35). The van der Waals surface area contributed by atoms with Gasteiger partial charge in [0.15, 0.2) is 0 Å². The molecule has 2 N–H and O–H groups in total. The van der Waals surface area contributed by atoms with Gasteiger partial charge < -0.3 is 10.6 Å². The van der Waals surface area contributed by atoms with Crippen LogP contribution in [0.3, 0.4) is 0 Å². The SMILES string of the molecule is O=C(NCc1ccccc1)c1cnc(CNC2CCCC2)nc1C1(c2ccc(Cl)cc2)CCCC1. The van der Waals surface area contributed by atoms with Crippen molar-refractivity contribution in [2.75, 3.05) is 0 Å². The molecule has 0 radical (unpaired) electrons. The zero-order valence-electron chi connectivity index (χ0n) is 20.1. The topological polar surface area (TPSA) is 66.9 Å². The van der Waals surface area contributed by atoms with E-state index < -0.39 is 0 Å². The molecule has 2 aromatic carbocycles. The van der Waals surface area contributed by atoms with E-state index in [1.807, 2.05) is 42.5 Å². The predicted molar refractivity (Wildman–Crippen MR) is 139 cm³/mol. The van der Waals surface area contributed by atoms with Crippen molar-refractivity contribution in [3.8, 4) is 0 Å². The summed E-state index contributed by atoms with van der Waals surface area (Å²) in [6.07, 6.45) is 10.8. The van der Waals surface area contributed by atoms with Crippen molar-refractivity contribution in [2.24, 2.45) is 0 Å². The van der Waals surface area contributed by atoms with Gasteiger partial charge in [-0.25, -0.2) is 9.97 Å². The highest BCUT2D eigenvalue weighted by Crippen LogP contribution is 2.47. The summed E-state index contributed by atoms with van der Waals surface area (Å²) in [6, 6.07) is 18.6. The van der Waals surface area contributed by atoms with E-state index in [-0.39, 0.29) is 11.3 Å². The molecule has 6 heteroatoms. The van der Waals surface area contributed by atoms with E-state index in [2.05, 4.69) is 27.8 Å². The molecule has 35 heavy (non-hydrogen) atoms. The summed E-state index contributed by atoms with van der Waals surface area (Å²) in [5.41, 5.74) is 3.34. The highest BCUT2D eigenvalue weighted by Gasteiger charge is 2.41. The Bertz CT molecular complexity index is 1140. The van der Waals surface area contributed by atoms with E-state index in [0.29, 0.717) is 29.7 Å². The van der Waals surface area contributed by atoms with Gasteiger partial charge in [0.2, 0.25) is 0 Å². The van der Waals surface area contributed by atoms with E-state index in [1.165, 1.54) is 31.2 Å². The van der Waals surface area contributed by atoms with Crippen molar-refractivity contribution >= 4 is 17.5 Å². The number of hydrogen-bond donors (Lipinski definition) is 2. The van der Waals surface area contributed by atoms with Gasteiger partial charge in [0, 0.05) is 29.2 Å². The fraction of sp³-hybridized carbons (Fsp3) is 0.414. The third-order valence-electron chi connectivity index (χ3n) is 7.59. The Morgan fingerprint density at radius 3 is 2.37 bits per heavy atom. The average molecular weight is 489 g/mol. The molecule has 5 nitrogen and oxygen atoms in total. The second kappa shape index (κ2) is 10.9. The van der Waals surface area contributed by atoms with Gasteiger partial charge in [-0.05, 0) is 48.9 Å². The Labute approximate surface area is 212 Å². The first-order chi connectivity index (χ1) is 17.1. The lowest BCUT2D eigenvalue weighted by molar-refractivity contribution is 0.0947. The molecule has 182 valence electrons. The Morgan fingerprint density at radius 1 is 0.943 bits per heavy atom. The van der Waals surface area contributed by atoms with Crippen LogP contribution >= 0.6 is 11.6 Å². The van der Waals surface area contributed by atoms with Crippen molar-refractivity contribution in [1.82, 2.24) is 20.6 Å². The van der Waals surface area contributed by atoms with Crippen molar-refractivity contribution in [1.29, 1.82) is 0 Å². The molecule has 0 atom stereocenters. The lowest BCUT2D eigenvalue weighted by atomic mass is 9.74. The first kappa shape index (κ1) is 24.0. The molecule has 2 aliphatic carbocycles. The molecule has 5 rings (SSSR count). The van der Waals surface area contributed by atoms with Gasteiger partial charge in [-0.15, -0.1) is 0 Å². The summed E-state index contributed by atoms with van der Waals surface area (Å²) in [5.74, 6) is 0.631. The lowest BCUT2D eigenvalue weighted by Gasteiger charge is -2.31. The molecule has 1 heterocycles. The van der Waals surface area contributed by atoms with Crippen molar-refractivity contribution < 1.29 is 4.79 Å². The number of hydrogen-bond acceptors (Lipinski definition) is 4. The largest absolute Gasteiger partial charge is 0.348 e. The summed E-state index contributed by atoms with van der Waals surface area (Å²) >= 11 is 6.22. The first-order valence-electron chi connectivity index (χ1n) is 12.8. The average Bonchev–Trinajstić information content (AvgIpc) is 3.60. The van der Waals surface area contributed by atoms with Crippen LogP contribution in [0.5, 0.6) is 0 Å². The third-order valence-corrected chi connectivity index (χ3v) is 7.84. The number of amides is 1. The Morgan fingerprint density at radius 2 is 1.66 bits per heavy atom. The highest BCUT2D eigenvalue weighted by molar-refractivity contribution is 6.30. The second-order valence-electron chi connectivity index (χ2n) is 9.88. The molecule has 0 bridgehead atoms. The van der Waals surface area contributed by atoms with Crippen molar-refractivity contribution in [3.05, 3.63) is 94.0 Å². The molecular formula is C29H33ClN4O. The van der Waals surface area contributed by atoms with Gasteiger partial charge in [0.25, 0.3) is 5.91 Å². The van der Waals surface area contributed by atoms with E-state index in [4.69, 9.17) is 16.6 Å². The number of nitrogens with zero attached hydrogens (tertiary/aromatic N) is 2. The Balaban J connectivity index is 1.49. The van der Waals surface area contributed by atoms with Crippen LogP contribution in [0.2, 0.25) is 5.02 Å². The number of halogens is 1. The molecule has 2 fully saturated rings. The molecule has 2 saturated carbocycles. The lowest BCUT2D eigenvalue weighted by Crippen LogP contribution is -2.33. The minimum atomic E-state index is -0.310. The molecule has 0 aliphatic heterocycles. The highest BCUT2D eigenvalue weighted by atomic mass is 35.5. The zero-order chi connectivity index (χ0) is 24.1. The monoisotopic (exact) mass is 488 g/mol. The minimum absolute atomic E-state index is 0.126. The van der Waals surface area contributed by atoms with Crippen LogP contribution in [-0.4, -0.2) is 21.9 Å². The summed E-state index contributed by atoms with van der Waals surface area (Å²) in [5, 5.41) is 7.44. The van der Waals surface area contributed by atoms with Gasteiger partial charge in [0.1, 0.15) is 5.82 Å². The molecule has 0 spiro atoms. The van der Waals surface area contributed by atoms with Crippen molar-refractivity contribution in [3.63, 3.8) is 0 Å². The Hall–Kier alpha value is -2.76. The summed E-state index contributed by atoms with van der Waals surface area (Å²) in [7, 11) is 0. The minimum Gasteiger partial charge on any atom is -0.348 e. The molecule has 2 aliphatic rings. The molecule has 0 unspecified atom stereocenters. The molecule has 0 saturated heterocycles. The smallest absolute Gasteiger partial charge is 0.255 e. The summed E-state index contributed by atoms with van der Waals surface area (Å²) in [4.78, 5) is 23.2. The van der Waals surface area contributed by atoms with Gasteiger partial charge in [-0.1, -0.05) is 79.7 Å². The van der Waals surface area contributed by atoms with E-state index in [0.717, 1.165) is 42.8 Å². The fourth-order valence-corrected chi connectivity index (χ4v) is 5.81. The van der Waals surface area contributed by atoms with Crippen LogP contribution in [0.25, 0.3) is 0 Å². The quantitative estimate of drug-likeness (QED) is 0.411. The fourth-order valence-electron chi connectivity index (χ4n) is 5.68. The third kappa shape index (κ3) is 5.41. The van der Waals surface area contributed by atoms with Gasteiger partial charge in [-0.3, -0.25) is 4.79 Å². The summed E-state index contributed by atoms with van der Waals surface area (Å²) in [6.45, 7) is 1.10. The molecule has 1 amide bonds. The maximum Gasteiger partial charge on any atom is 0.255 e. The Kier molecular flexibility index (Phi) is 7.45. The van der Waals surface area contributed by atoms with Crippen LogP contribution in [0.1, 0.15) is 84.4 Å². The van der Waals surface area contributed by atoms with E-state index in [1.54, 1.807) is 6.20 Å². The maximum absolute atomic E-state index is 13.5. The molecule has 3 aromatic rings. The number of carbonyl (C=O) groups excluding carboxylic acids is 1. The summed E-state index contributed by atoms with van der Waals surface area (Å²) < 4.78 is 0. The number of nitrogens with one attached hydrogen (secondary N) is 2. The van der Waals surface area contributed by atoms with Crippen molar-refractivity contribution in [2.45, 2.75) is 75.9 Å². The van der Waals surface area contributed by atoms with Gasteiger partial charge in [0.05, 0.1) is 17.8 Å². The van der Waals surface area contributed by atoms with E-state index in [9.17, 15) is 4.79 Å². The predicted octanol–water partition coefficient (Wildman–Crippen LogP) is 5.95. The zero-order valence-corrected chi connectivity index (χ0v) is 20.9. The normalized spacial score (nSPS) is 17.5. The van der Waals surface area contributed by atoms with E-state index >= 15 is 0 Å². The second-order valence-corrected chi connectivity index (χ2v) is 10.3. The number of aromatic nitrogens is 2. The number of rotatable bonds is 8. The van der Waals surface area contributed by atoms with Crippen LogP contribution in [0.15, 0.2) is 60.8 Å². The molecule has 1 aromatic heterocycles.